The molecule has 0 saturated heterocycles. The summed E-state index contributed by atoms with van der Waals surface area (Å²) in [6, 6.07) is 11.8. The van der Waals surface area contributed by atoms with Gasteiger partial charge in [-0.05, 0) is 50.1 Å². The first-order chi connectivity index (χ1) is 13.3. The van der Waals surface area contributed by atoms with E-state index in [2.05, 4.69) is 10.9 Å². The minimum atomic E-state index is -0.524. The number of carbonyl (C=O) groups excluding carboxylic acids is 2. The molecule has 2 amide bonds. The number of ether oxygens (including phenoxy) is 1. The summed E-state index contributed by atoms with van der Waals surface area (Å²) in [5, 5.41) is 0.789. The number of benzene rings is 2. The second kappa shape index (κ2) is 7.96. The minimum Gasteiger partial charge on any atom is -0.484 e. The molecular formula is C21H20N2O5. The molecule has 0 radical (unpaired) electrons. The fourth-order valence-corrected chi connectivity index (χ4v) is 2.84. The van der Waals surface area contributed by atoms with Crippen LogP contribution in [0.15, 0.2) is 51.7 Å². The van der Waals surface area contributed by atoms with E-state index >= 15 is 0 Å². The molecule has 144 valence electrons. The van der Waals surface area contributed by atoms with E-state index in [0.29, 0.717) is 16.9 Å². The zero-order valence-corrected chi connectivity index (χ0v) is 15.8. The number of carbonyl (C=O) groups is 2. The average molecular weight is 380 g/mol. The molecule has 0 unspecified atom stereocenters. The Balaban J connectivity index is 1.57. The Hall–Kier alpha value is -3.61. The summed E-state index contributed by atoms with van der Waals surface area (Å²) < 4.78 is 10.6. The Morgan fingerprint density at radius 1 is 0.964 bits per heavy atom. The topological polar surface area (TPSA) is 97.6 Å². The van der Waals surface area contributed by atoms with E-state index in [1.54, 1.807) is 24.3 Å². The number of nitrogens with one attached hydrogen (secondary N) is 2. The van der Waals surface area contributed by atoms with Crippen molar-refractivity contribution in [2.45, 2.75) is 20.8 Å². The van der Waals surface area contributed by atoms with E-state index in [0.717, 1.165) is 22.1 Å². The van der Waals surface area contributed by atoms with Crippen LogP contribution in [0, 0.1) is 20.8 Å². The monoisotopic (exact) mass is 380 g/mol. The number of rotatable bonds is 4. The Kier molecular flexibility index (Phi) is 5.44. The molecule has 2 N–H and O–H groups in total. The van der Waals surface area contributed by atoms with Gasteiger partial charge < -0.3 is 9.15 Å². The Bertz CT molecular complexity index is 1120. The first-order valence-electron chi connectivity index (χ1n) is 8.67. The Labute approximate surface area is 161 Å². The van der Waals surface area contributed by atoms with Gasteiger partial charge >= 0.3 is 5.63 Å². The van der Waals surface area contributed by atoms with Crippen LogP contribution >= 0.6 is 0 Å². The maximum atomic E-state index is 12.2. The number of hydrazine groups is 1. The van der Waals surface area contributed by atoms with Gasteiger partial charge in [0.2, 0.25) is 0 Å². The number of amides is 2. The van der Waals surface area contributed by atoms with Crippen molar-refractivity contribution < 1.29 is 18.7 Å². The van der Waals surface area contributed by atoms with Gasteiger partial charge in [0.25, 0.3) is 11.8 Å². The van der Waals surface area contributed by atoms with Crippen LogP contribution in [0.3, 0.4) is 0 Å². The Morgan fingerprint density at radius 2 is 1.75 bits per heavy atom. The van der Waals surface area contributed by atoms with Crippen molar-refractivity contribution in [2.75, 3.05) is 6.61 Å². The minimum absolute atomic E-state index is 0.311. The van der Waals surface area contributed by atoms with Gasteiger partial charge in [0.15, 0.2) is 6.61 Å². The quantitative estimate of drug-likeness (QED) is 0.535. The van der Waals surface area contributed by atoms with Gasteiger partial charge in [-0.2, -0.15) is 0 Å². The number of fused-ring (bicyclic) bond motifs is 1. The van der Waals surface area contributed by atoms with Gasteiger partial charge in [-0.15, -0.1) is 0 Å². The third kappa shape index (κ3) is 4.37. The van der Waals surface area contributed by atoms with Crippen LogP contribution in [0.2, 0.25) is 0 Å². The highest BCUT2D eigenvalue weighted by Crippen LogP contribution is 2.22. The van der Waals surface area contributed by atoms with Gasteiger partial charge in [0, 0.05) is 23.1 Å². The molecular weight excluding hydrogens is 360 g/mol. The molecule has 0 saturated carbocycles. The number of hydrogen-bond acceptors (Lipinski definition) is 5. The van der Waals surface area contributed by atoms with Crippen molar-refractivity contribution >= 4 is 22.8 Å². The zero-order valence-electron chi connectivity index (χ0n) is 15.8. The summed E-state index contributed by atoms with van der Waals surface area (Å²) >= 11 is 0. The lowest BCUT2D eigenvalue weighted by atomic mass is 10.1. The molecule has 7 heteroatoms. The second-order valence-corrected chi connectivity index (χ2v) is 6.52. The molecule has 0 aliphatic heterocycles. The molecule has 0 bridgehead atoms. The smallest absolute Gasteiger partial charge is 0.336 e. The highest BCUT2D eigenvalue weighted by molar-refractivity contribution is 5.96. The molecule has 0 spiro atoms. The zero-order chi connectivity index (χ0) is 20.3. The SMILES string of the molecule is Cc1ccc(C(=O)NNC(=O)COc2ccc3c(C)cc(=O)oc3c2)c(C)c1. The largest absolute Gasteiger partial charge is 0.484 e. The van der Waals surface area contributed by atoms with Crippen molar-refractivity contribution in [3.8, 4) is 5.75 Å². The molecule has 2 aromatic carbocycles. The van der Waals surface area contributed by atoms with E-state index in [9.17, 15) is 14.4 Å². The van der Waals surface area contributed by atoms with E-state index in [-0.39, 0.29) is 6.61 Å². The fourth-order valence-electron chi connectivity index (χ4n) is 2.84. The standard InChI is InChI=1S/C21H20N2O5/c1-12-4-6-17(13(2)8-12)21(26)23-22-19(24)11-27-15-5-7-16-14(3)9-20(25)28-18(16)10-15/h4-10H,11H2,1-3H3,(H,22,24)(H,23,26). The third-order valence-electron chi connectivity index (χ3n) is 4.23. The van der Waals surface area contributed by atoms with Crippen LogP contribution in [-0.2, 0) is 4.79 Å². The van der Waals surface area contributed by atoms with E-state index in [4.69, 9.17) is 9.15 Å². The lowest BCUT2D eigenvalue weighted by molar-refractivity contribution is -0.123. The van der Waals surface area contributed by atoms with Gasteiger partial charge in [-0.3, -0.25) is 20.4 Å². The Morgan fingerprint density at radius 3 is 2.50 bits per heavy atom. The lowest BCUT2D eigenvalue weighted by Crippen LogP contribution is -2.44. The molecule has 1 aromatic heterocycles. The summed E-state index contributed by atoms with van der Waals surface area (Å²) in [6.45, 7) is 5.26. The van der Waals surface area contributed by atoms with E-state index in [1.165, 1.54) is 6.07 Å². The average Bonchev–Trinajstić information content (AvgIpc) is 2.64. The lowest BCUT2D eigenvalue weighted by Gasteiger charge is -2.11. The highest BCUT2D eigenvalue weighted by atomic mass is 16.5. The highest BCUT2D eigenvalue weighted by Gasteiger charge is 2.11. The molecule has 0 atom stereocenters. The number of hydrogen-bond donors (Lipinski definition) is 2. The molecule has 0 fully saturated rings. The van der Waals surface area contributed by atoms with Gasteiger partial charge in [0.1, 0.15) is 11.3 Å². The summed E-state index contributed by atoms with van der Waals surface area (Å²) in [4.78, 5) is 35.6. The van der Waals surface area contributed by atoms with Crippen molar-refractivity contribution in [1.82, 2.24) is 10.9 Å². The molecule has 0 aliphatic carbocycles. The van der Waals surface area contributed by atoms with Gasteiger partial charge in [-0.25, -0.2) is 4.79 Å². The first kappa shape index (κ1) is 19.2. The predicted octanol–water partition coefficient (Wildman–Crippen LogP) is 2.56. The predicted molar refractivity (Wildman–Crippen MR) is 104 cm³/mol. The normalized spacial score (nSPS) is 10.5. The van der Waals surface area contributed by atoms with Crippen molar-refractivity contribution in [2.24, 2.45) is 0 Å². The molecule has 28 heavy (non-hydrogen) atoms. The van der Waals surface area contributed by atoms with Crippen molar-refractivity contribution in [1.29, 1.82) is 0 Å². The van der Waals surface area contributed by atoms with Crippen molar-refractivity contribution in [3.05, 3.63) is 75.1 Å². The van der Waals surface area contributed by atoms with E-state index in [1.807, 2.05) is 32.9 Å². The van der Waals surface area contributed by atoms with Crippen LogP contribution in [0.1, 0.15) is 27.0 Å². The van der Waals surface area contributed by atoms with Crippen LogP contribution in [0.5, 0.6) is 5.75 Å². The molecule has 7 nitrogen and oxygen atoms in total. The summed E-state index contributed by atoms with van der Waals surface area (Å²) in [5.41, 5.74) is 7.74. The maximum Gasteiger partial charge on any atom is 0.336 e. The third-order valence-corrected chi connectivity index (χ3v) is 4.23. The second-order valence-electron chi connectivity index (χ2n) is 6.52. The van der Waals surface area contributed by atoms with Crippen LogP contribution in [0.25, 0.3) is 11.0 Å². The summed E-state index contributed by atoms with van der Waals surface area (Å²) in [6.07, 6.45) is 0. The maximum absolute atomic E-state index is 12.2. The van der Waals surface area contributed by atoms with Gasteiger partial charge in [-0.1, -0.05) is 17.7 Å². The molecule has 1 heterocycles. The van der Waals surface area contributed by atoms with Crippen molar-refractivity contribution in [3.63, 3.8) is 0 Å². The fraction of sp³-hybridized carbons (Fsp3) is 0.190. The van der Waals surface area contributed by atoms with Crippen LogP contribution in [-0.4, -0.2) is 18.4 Å². The van der Waals surface area contributed by atoms with E-state index < -0.39 is 17.4 Å². The molecule has 3 rings (SSSR count). The first-order valence-corrected chi connectivity index (χ1v) is 8.67. The summed E-state index contributed by atoms with van der Waals surface area (Å²) in [5.74, 6) is -0.560. The van der Waals surface area contributed by atoms with Crippen LogP contribution < -0.4 is 21.2 Å². The molecule has 3 aromatic rings. The van der Waals surface area contributed by atoms with Gasteiger partial charge in [0.05, 0.1) is 0 Å². The number of aryl methyl sites for hydroxylation is 3. The molecule has 0 aliphatic rings. The van der Waals surface area contributed by atoms with Crippen LogP contribution in [0.4, 0.5) is 0 Å². The summed E-state index contributed by atoms with van der Waals surface area (Å²) in [7, 11) is 0.